The fourth-order valence-electron chi connectivity index (χ4n) is 3.18. The number of likely N-dealkylation sites (tertiary alicyclic amines) is 1. The van der Waals surface area contributed by atoms with Gasteiger partial charge in [0.15, 0.2) is 5.96 Å². The number of nitrogens with two attached hydrogens (primary N) is 1. The molecule has 10 heteroatoms. The minimum atomic E-state index is -4.45. The van der Waals surface area contributed by atoms with Crippen LogP contribution in [0.25, 0.3) is 0 Å². The van der Waals surface area contributed by atoms with E-state index in [-0.39, 0.29) is 43.0 Å². The van der Waals surface area contributed by atoms with Crippen molar-refractivity contribution in [3.05, 3.63) is 0 Å². The highest BCUT2D eigenvalue weighted by molar-refractivity contribution is 14.0. The number of sulfonamides is 1. The number of guanidine groups is 1. The van der Waals surface area contributed by atoms with Gasteiger partial charge in [-0.2, -0.15) is 13.1 Å². The SMILES string of the molecule is CC1CCCN(C(N)=NCC2CCN(S(=O)(=O)C(F)F)CC2)C1.I. The molecule has 0 aromatic rings. The molecular formula is C14H27F2IN4O2S. The molecule has 2 aliphatic heterocycles. The minimum Gasteiger partial charge on any atom is -0.370 e. The van der Waals surface area contributed by atoms with Crippen LogP contribution in [0.4, 0.5) is 8.78 Å². The average Bonchev–Trinajstić information content (AvgIpc) is 2.52. The van der Waals surface area contributed by atoms with E-state index < -0.39 is 15.8 Å². The van der Waals surface area contributed by atoms with E-state index in [1.165, 1.54) is 6.42 Å². The van der Waals surface area contributed by atoms with Gasteiger partial charge < -0.3 is 10.6 Å². The maximum absolute atomic E-state index is 12.5. The summed E-state index contributed by atoms with van der Waals surface area (Å²) in [5.41, 5.74) is 6.03. The molecule has 1 atom stereocenters. The van der Waals surface area contributed by atoms with Crippen molar-refractivity contribution in [3.63, 3.8) is 0 Å². The zero-order chi connectivity index (χ0) is 17.0. The Balaban J connectivity index is 0.00000288. The van der Waals surface area contributed by atoms with Crippen molar-refractivity contribution in [2.75, 3.05) is 32.7 Å². The Labute approximate surface area is 159 Å². The highest BCUT2D eigenvalue weighted by Crippen LogP contribution is 2.23. The summed E-state index contributed by atoms with van der Waals surface area (Å²) in [6, 6.07) is 0. The summed E-state index contributed by atoms with van der Waals surface area (Å²) in [5, 5.41) is 0. The number of halogens is 3. The van der Waals surface area contributed by atoms with Crippen molar-refractivity contribution in [3.8, 4) is 0 Å². The van der Waals surface area contributed by atoms with Gasteiger partial charge in [-0.05, 0) is 37.5 Å². The van der Waals surface area contributed by atoms with E-state index in [4.69, 9.17) is 5.73 Å². The molecule has 0 aromatic heterocycles. The topological polar surface area (TPSA) is 79.0 Å². The largest absolute Gasteiger partial charge is 0.370 e. The minimum absolute atomic E-state index is 0. The van der Waals surface area contributed by atoms with Crippen LogP contribution in [-0.2, 0) is 10.0 Å². The molecular weight excluding hydrogens is 453 g/mol. The second-order valence-electron chi connectivity index (χ2n) is 6.54. The quantitative estimate of drug-likeness (QED) is 0.379. The normalized spacial score (nSPS) is 24.9. The van der Waals surface area contributed by atoms with Crippen molar-refractivity contribution < 1.29 is 17.2 Å². The Morgan fingerprint density at radius 2 is 1.88 bits per heavy atom. The van der Waals surface area contributed by atoms with Crippen LogP contribution in [-0.4, -0.2) is 62.1 Å². The lowest BCUT2D eigenvalue weighted by Crippen LogP contribution is -2.44. The van der Waals surface area contributed by atoms with Gasteiger partial charge in [-0.1, -0.05) is 6.92 Å². The Hall–Kier alpha value is -0.230. The van der Waals surface area contributed by atoms with E-state index in [1.807, 2.05) is 0 Å². The lowest BCUT2D eigenvalue weighted by molar-refractivity contribution is 0.204. The van der Waals surface area contributed by atoms with Gasteiger partial charge in [-0.25, -0.2) is 8.42 Å². The third kappa shape index (κ3) is 5.65. The predicted molar refractivity (Wildman–Crippen MR) is 101 cm³/mol. The zero-order valence-electron chi connectivity index (χ0n) is 13.9. The molecule has 6 nitrogen and oxygen atoms in total. The summed E-state index contributed by atoms with van der Waals surface area (Å²) in [6.45, 7) is 4.82. The van der Waals surface area contributed by atoms with Gasteiger partial charge in [0.05, 0.1) is 0 Å². The van der Waals surface area contributed by atoms with Crippen molar-refractivity contribution in [2.45, 2.75) is 38.4 Å². The monoisotopic (exact) mass is 480 g/mol. The van der Waals surface area contributed by atoms with Crippen LogP contribution >= 0.6 is 24.0 Å². The van der Waals surface area contributed by atoms with Crippen LogP contribution < -0.4 is 5.73 Å². The molecule has 0 bridgehead atoms. The molecule has 0 amide bonds. The van der Waals surface area contributed by atoms with Crippen molar-refractivity contribution in [1.82, 2.24) is 9.21 Å². The zero-order valence-corrected chi connectivity index (χ0v) is 17.1. The molecule has 2 fully saturated rings. The lowest BCUT2D eigenvalue weighted by Gasteiger charge is -2.32. The molecule has 2 saturated heterocycles. The fourth-order valence-corrected chi connectivity index (χ4v) is 4.12. The molecule has 0 saturated carbocycles. The number of aliphatic imine (C=N–C) groups is 1. The van der Waals surface area contributed by atoms with Crippen LogP contribution in [0.2, 0.25) is 0 Å². The van der Waals surface area contributed by atoms with Gasteiger partial charge in [-0.3, -0.25) is 4.99 Å². The summed E-state index contributed by atoms with van der Waals surface area (Å²) in [7, 11) is -4.45. The van der Waals surface area contributed by atoms with E-state index in [0.717, 1.165) is 23.8 Å². The smallest absolute Gasteiger partial charge is 0.350 e. The van der Waals surface area contributed by atoms with Gasteiger partial charge in [0.25, 0.3) is 10.0 Å². The van der Waals surface area contributed by atoms with Crippen molar-refractivity contribution in [1.29, 1.82) is 0 Å². The number of hydrogen-bond donors (Lipinski definition) is 1. The van der Waals surface area contributed by atoms with E-state index in [0.29, 0.717) is 31.3 Å². The summed E-state index contributed by atoms with van der Waals surface area (Å²) < 4.78 is 48.7. The van der Waals surface area contributed by atoms with Gasteiger partial charge in [-0.15, -0.1) is 24.0 Å². The van der Waals surface area contributed by atoms with Crippen LogP contribution in [0.1, 0.15) is 32.6 Å². The maximum Gasteiger partial charge on any atom is 0.350 e. The van der Waals surface area contributed by atoms with Crippen molar-refractivity contribution in [2.24, 2.45) is 22.6 Å². The van der Waals surface area contributed by atoms with E-state index in [2.05, 4.69) is 16.8 Å². The standard InChI is InChI=1S/C14H26F2N4O2S.HI/c1-11-3-2-6-19(10-11)14(17)18-9-12-4-7-20(8-5-12)23(21,22)13(15)16;/h11-13H,2-10H2,1H3,(H2,17,18);1H. The van der Waals surface area contributed by atoms with E-state index >= 15 is 0 Å². The van der Waals surface area contributed by atoms with Gasteiger partial charge in [0.1, 0.15) is 0 Å². The Morgan fingerprint density at radius 1 is 1.25 bits per heavy atom. The number of nitrogens with zero attached hydrogens (tertiary/aromatic N) is 3. The molecule has 0 radical (unpaired) electrons. The first-order valence-electron chi connectivity index (χ1n) is 8.12. The van der Waals surface area contributed by atoms with Crippen LogP contribution in [0.5, 0.6) is 0 Å². The van der Waals surface area contributed by atoms with E-state index in [1.54, 1.807) is 0 Å². The van der Waals surface area contributed by atoms with Crippen LogP contribution in [0.3, 0.4) is 0 Å². The molecule has 0 aromatic carbocycles. The molecule has 142 valence electrons. The molecule has 2 rings (SSSR count). The predicted octanol–water partition coefficient (Wildman–Crippen LogP) is 1.92. The Kier molecular flexibility index (Phi) is 8.60. The fraction of sp³-hybridized carbons (Fsp3) is 0.929. The second-order valence-corrected chi connectivity index (χ2v) is 8.44. The van der Waals surface area contributed by atoms with Crippen LogP contribution in [0, 0.1) is 11.8 Å². The second kappa shape index (κ2) is 9.46. The molecule has 2 aliphatic rings. The van der Waals surface area contributed by atoms with Gasteiger partial charge in [0.2, 0.25) is 0 Å². The third-order valence-electron chi connectivity index (χ3n) is 4.65. The van der Waals surface area contributed by atoms with E-state index in [9.17, 15) is 17.2 Å². The molecule has 2 N–H and O–H groups in total. The first kappa shape index (κ1) is 21.8. The highest BCUT2D eigenvalue weighted by atomic mass is 127. The lowest BCUT2D eigenvalue weighted by atomic mass is 9.98. The van der Waals surface area contributed by atoms with Gasteiger partial charge in [0, 0.05) is 32.7 Å². The number of piperidine rings is 2. The molecule has 2 heterocycles. The summed E-state index contributed by atoms with van der Waals surface area (Å²) in [6.07, 6.45) is 3.40. The van der Waals surface area contributed by atoms with Gasteiger partial charge >= 0.3 is 5.76 Å². The highest BCUT2D eigenvalue weighted by Gasteiger charge is 2.34. The number of rotatable bonds is 4. The molecule has 1 unspecified atom stereocenters. The maximum atomic E-state index is 12.5. The van der Waals surface area contributed by atoms with Crippen LogP contribution in [0.15, 0.2) is 4.99 Å². The number of alkyl halides is 2. The average molecular weight is 480 g/mol. The summed E-state index contributed by atoms with van der Waals surface area (Å²) >= 11 is 0. The third-order valence-corrected chi connectivity index (χ3v) is 6.19. The summed E-state index contributed by atoms with van der Waals surface area (Å²) in [4.78, 5) is 6.52. The first-order chi connectivity index (χ1) is 10.8. The molecule has 0 aliphatic carbocycles. The Morgan fingerprint density at radius 3 is 2.42 bits per heavy atom. The summed E-state index contributed by atoms with van der Waals surface area (Å²) in [5.74, 6) is -1.99. The molecule has 24 heavy (non-hydrogen) atoms. The number of hydrogen-bond acceptors (Lipinski definition) is 3. The first-order valence-corrected chi connectivity index (χ1v) is 9.63. The molecule has 0 spiro atoms. The van der Waals surface area contributed by atoms with Crippen molar-refractivity contribution >= 4 is 40.0 Å². The Bertz CT molecular complexity index is 525.